The van der Waals surface area contributed by atoms with Crippen LogP contribution in [0.1, 0.15) is 20.7 Å². The summed E-state index contributed by atoms with van der Waals surface area (Å²) in [5.74, 6) is -0.745. The van der Waals surface area contributed by atoms with Crippen LogP contribution in [0.5, 0.6) is 0 Å². The minimum Gasteiger partial charge on any atom is -0.397 e. The molecule has 0 spiro atoms. The number of anilines is 4. The van der Waals surface area contributed by atoms with Crippen molar-refractivity contribution in [3.05, 3.63) is 59.7 Å². The number of amides is 2. The first-order valence-corrected chi connectivity index (χ1v) is 10.7. The van der Waals surface area contributed by atoms with E-state index in [0.717, 1.165) is 50.5 Å². The number of nitrogens with two attached hydrogens (primary N) is 2. The average molecular weight is 431 g/mol. The van der Waals surface area contributed by atoms with Gasteiger partial charge in [-0.3, -0.25) is 14.5 Å². The van der Waals surface area contributed by atoms with Gasteiger partial charge in [-0.05, 0) is 36.4 Å². The summed E-state index contributed by atoms with van der Waals surface area (Å²) >= 11 is 0. The summed E-state index contributed by atoms with van der Waals surface area (Å²) < 4.78 is 5.40. The van der Waals surface area contributed by atoms with E-state index >= 15 is 0 Å². The quantitative estimate of drug-likeness (QED) is 0.420. The van der Waals surface area contributed by atoms with Crippen LogP contribution in [0.15, 0.2) is 48.5 Å². The normalized spacial score (nSPS) is 16.6. The van der Waals surface area contributed by atoms with Crippen LogP contribution in [0.4, 0.5) is 22.7 Å². The van der Waals surface area contributed by atoms with Crippen molar-refractivity contribution in [2.45, 2.75) is 0 Å². The van der Waals surface area contributed by atoms with Gasteiger partial charge in [-0.15, -0.1) is 0 Å². The highest BCUT2D eigenvalue weighted by Gasteiger charge is 2.34. The lowest BCUT2D eigenvalue weighted by molar-refractivity contribution is 0.0398. The van der Waals surface area contributed by atoms with Crippen LogP contribution in [0.3, 0.4) is 0 Å². The zero-order valence-corrected chi connectivity index (χ0v) is 17.6. The number of ether oxygens (including phenoxy) is 1. The standard InChI is InChI=1S/C24H25N5O3/c25-19-6-4-15(14-20(19)26)29-23(30)17-3-1-2-16-21(7-5-18(22(16)17)24(29)31)27-8-9-28-10-12-32-13-11-28/h1-7,14,27H,8-13,25-26H2. The van der Waals surface area contributed by atoms with E-state index in [9.17, 15) is 9.59 Å². The maximum atomic E-state index is 13.3. The van der Waals surface area contributed by atoms with Crippen LogP contribution in [0, 0.1) is 0 Å². The Morgan fingerprint density at radius 2 is 1.66 bits per heavy atom. The summed E-state index contributed by atoms with van der Waals surface area (Å²) in [6.07, 6.45) is 0. The van der Waals surface area contributed by atoms with E-state index in [1.54, 1.807) is 30.3 Å². The number of benzene rings is 3. The summed E-state index contributed by atoms with van der Waals surface area (Å²) in [5.41, 5.74) is 14.7. The van der Waals surface area contributed by atoms with Gasteiger partial charge in [-0.1, -0.05) is 12.1 Å². The van der Waals surface area contributed by atoms with Crippen molar-refractivity contribution in [2.75, 3.05) is 61.1 Å². The van der Waals surface area contributed by atoms with Gasteiger partial charge in [0.05, 0.1) is 30.3 Å². The fourth-order valence-corrected chi connectivity index (χ4v) is 4.36. The highest BCUT2D eigenvalue weighted by Crippen LogP contribution is 2.37. The van der Waals surface area contributed by atoms with Gasteiger partial charge in [-0.2, -0.15) is 0 Å². The zero-order valence-electron chi connectivity index (χ0n) is 17.6. The zero-order chi connectivity index (χ0) is 22.2. The van der Waals surface area contributed by atoms with Gasteiger partial charge in [0.2, 0.25) is 0 Å². The van der Waals surface area contributed by atoms with Gasteiger partial charge in [-0.25, -0.2) is 4.90 Å². The molecule has 5 rings (SSSR count). The monoisotopic (exact) mass is 431 g/mol. The first kappa shape index (κ1) is 20.3. The summed E-state index contributed by atoms with van der Waals surface area (Å²) in [6.45, 7) is 5.05. The van der Waals surface area contributed by atoms with E-state index in [-0.39, 0.29) is 11.8 Å². The van der Waals surface area contributed by atoms with Gasteiger partial charge in [0, 0.05) is 53.8 Å². The second kappa shape index (κ2) is 8.14. The third-order valence-corrected chi connectivity index (χ3v) is 6.08. The van der Waals surface area contributed by atoms with E-state index < -0.39 is 0 Å². The minimum atomic E-state index is -0.372. The van der Waals surface area contributed by atoms with Crippen LogP contribution in [0.2, 0.25) is 0 Å². The molecule has 3 aromatic rings. The van der Waals surface area contributed by atoms with Gasteiger partial charge in [0.25, 0.3) is 11.8 Å². The molecule has 8 heteroatoms. The van der Waals surface area contributed by atoms with E-state index in [2.05, 4.69) is 10.2 Å². The number of hydrogen-bond acceptors (Lipinski definition) is 7. The Morgan fingerprint density at radius 3 is 2.41 bits per heavy atom. The van der Waals surface area contributed by atoms with Crippen molar-refractivity contribution in [3.63, 3.8) is 0 Å². The molecule has 164 valence electrons. The number of morpholine rings is 1. The van der Waals surface area contributed by atoms with E-state index in [1.165, 1.54) is 4.90 Å². The Labute approximate surface area is 185 Å². The fraction of sp³-hybridized carbons (Fsp3) is 0.250. The molecule has 32 heavy (non-hydrogen) atoms. The fourth-order valence-electron chi connectivity index (χ4n) is 4.36. The Bertz CT molecular complexity index is 1200. The molecule has 0 aromatic heterocycles. The van der Waals surface area contributed by atoms with Gasteiger partial charge >= 0.3 is 0 Å². The molecule has 5 N–H and O–H groups in total. The first-order chi connectivity index (χ1) is 15.5. The second-order valence-electron chi connectivity index (χ2n) is 8.03. The van der Waals surface area contributed by atoms with Crippen LogP contribution >= 0.6 is 0 Å². The first-order valence-electron chi connectivity index (χ1n) is 10.7. The van der Waals surface area contributed by atoms with Crippen LogP contribution < -0.4 is 21.7 Å². The predicted octanol–water partition coefficient (Wildman–Crippen LogP) is 2.55. The molecule has 2 aliphatic rings. The molecule has 0 saturated carbocycles. The number of hydrogen-bond donors (Lipinski definition) is 3. The molecule has 0 atom stereocenters. The maximum absolute atomic E-state index is 13.3. The van der Waals surface area contributed by atoms with Gasteiger partial charge in [0.15, 0.2) is 0 Å². The highest BCUT2D eigenvalue weighted by molar-refractivity contribution is 6.36. The number of nitrogens with one attached hydrogen (secondary N) is 1. The maximum Gasteiger partial charge on any atom is 0.265 e. The SMILES string of the molecule is Nc1ccc(N2C(=O)c3cccc4c(NCCN5CCOCC5)ccc(c34)C2=O)cc1N. The molecule has 8 nitrogen and oxygen atoms in total. The van der Waals surface area contributed by atoms with Crippen molar-refractivity contribution in [3.8, 4) is 0 Å². The molecule has 0 aliphatic carbocycles. The molecule has 0 radical (unpaired) electrons. The summed E-state index contributed by atoms with van der Waals surface area (Å²) in [6, 6.07) is 14.0. The molecule has 3 aromatic carbocycles. The summed E-state index contributed by atoms with van der Waals surface area (Å²) in [5, 5.41) is 5.02. The van der Waals surface area contributed by atoms with E-state index in [0.29, 0.717) is 33.6 Å². The largest absolute Gasteiger partial charge is 0.397 e. The van der Waals surface area contributed by atoms with Crippen molar-refractivity contribution in [1.29, 1.82) is 0 Å². The lowest BCUT2D eigenvalue weighted by Gasteiger charge is -2.29. The molecule has 2 amide bonds. The predicted molar refractivity (Wildman–Crippen MR) is 126 cm³/mol. The number of rotatable bonds is 5. The number of nitrogen functional groups attached to an aromatic ring is 2. The Balaban J connectivity index is 1.47. The molecule has 1 saturated heterocycles. The minimum absolute atomic E-state index is 0.326. The number of carbonyl (C=O) groups excluding carboxylic acids is 2. The number of nitrogens with zero attached hydrogens (tertiary/aromatic N) is 2. The van der Waals surface area contributed by atoms with Crippen molar-refractivity contribution in [2.24, 2.45) is 0 Å². The molecule has 2 aliphatic heterocycles. The van der Waals surface area contributed by atoms with Crippen molar-refractivity contribution in [1.82, 2.24) is 4.90 Å². The topological polar surface area (TPSA) is 114 Å². The molecule has 2 heterocycles. The highest BCUT2D eigenvalue weighted by atomic mass is 16.5. The van der Waals surface area contributed by atoms with Crippen LogP contribution in [0.25, 0.3) is 10.8 Å². The van der Waals surface area contributed by atoms with E-state index in [1.807, 2.05) is 18.2 Å². The Morgan fingerprint density at radius 1 is 0.906 bits per heavy atom. The molecule has 0 unspecified atom stereocenters. The third kappa shape index (κ3) is 3.43. The molecule has 0 bridgehead atoms. The summed E-state index contributed by atoms with van der Waals surface area (Å²) in [7, 11) is 0. The van der Waals surface area contributed by atoms with Crippen molar-refractivity contribution < 1.29 is 14.3 Å². The van der Waals surface area contributed by atoms with Crippen LogP contribution in [-0.4, -0.2) is 56.1 Å². The lowest BCUT2D eigenvalue weighted by Crippen LogP contribution is -2.40. The molecule has 1 fully saturated rings. The lowest BCUT2D eigenvalue weighted by atomic mass is 9.92. The van der Waals surface area contributed by atoms with Gasteiger partial charge in [0.1, 0.15) is 0 Å². The smallest absolute Gasteiger partial charge is 0.265 e. The third-order valence-electron chi connectivity index (χ3n) is 6.08. The second-order valence-corrected chi connectivity index (χ2v) is 8.03. The Hall–Kier alpha value is -3.62. The molecular weight excluding hydrogens is 406 g/mol. The average Bonchev–Trinajstić information content (AvgIpc) is 2.81. The molecular formula is C24H25N5O3. The number of imide groups is 1. The van der Waals surface area contributed by atoms with Crippen molar-refractivity contribution >= 4 is 45.3 Å². The van der Waals surface area contributed by atoms with Gasteiger partial charge < -0.3 is 21.5 Å². The van der Waals surface area contributed by atoms with Crippen LogP contribution in [-0.2, 0) is 4.74 Å². The number of carbonyl (C=O) groups is 2. The Kier molecular flexibility index (Phi) is 5.16. The summed E-state index contributed by atoms with van der Waals surface area (Å²) in [4.78, 5) is 30.2. The van der Waals surface area contributed by atoms with E-state index in [4.69, 9.17) is 16.2 Å².